The number of ether oxygens (including phenoxy) is 2. The summed E-state index contributed by atoms with van der Waals surface area (Å²) in [4.78, 5) is 39.6. The van der Waals surface area contributed by atoms with Crippen LogP contribution in [0.1, 0.15) is 24.7 Å². The number of aryl methyl sites for hydroxylation is 1. The maximum atomic E-state index is 13.1. The maximum absolute atomic E-state index is 13.1. The van der Waals surface area contributed by atoms with Gasteiger partial charge in [-0.2, -0.15) is 9.78 Å². The van der Waals surface area contributed by atoms with Crippen LogP contribution in [0.4, 0.5) is 5.69 Å². The van der Waals surface area contributed by atoms with Crippen LogP contribution in [0.5, 0.6) is 11.5 Å². The van der Waals surface area contributed by atoms with E-state index in [1.54, 1.807) is 18.2 Å². The molecule has 1 heterocycles. The monoisotopic (exact) mass is 517 g/mol. The zero-order valence-corrected chi connectivity index (χ0v) is 19.4. The molecule has 0 atom stereocenters. The van der Waals surface area contributed by atoms with Gasteiger partial charge in [0.05, 0.1) is 29.2 Å². The molecule has 0 aliphatic heterocycles. The van der Waals surface area contributed by atoms with Gasteiger partial charge in [-0.3, -0.25) is 19.7 Å². The van der Waals surface area contributed by atoms with Gasteiger partial charge in [0.15, 0.2) is 12.4 Å². The summed E-state index contributed by atoms with van der Waals surface area (Å²) in [5.74, 6) is -0.570. The maximum Gasteiger partial charge on any atom is 0.315 e. The molecule has 2 N–H and O–H groups in total. The van der Waals surface area contributed by atoms with Gasteiger partial charge in [-0.15, -0.1) is 0 Å². The summed E-state index contributed by atoms with van der Waals surface area (Å²) in [6.45, 7) is 1.39. The van der Waals surface area contributed by atoms with E-state index in [9.17, 15) is 19.7 Å². The number of carbonyl (C=O) groups excluding carboxylic acids is 1. The SMILES string of the molecule is CCCc1nc2ccc(Br)cc2c(=O)n1N=Cc1cc(OC)c(OCC(N)=O)c([N+](=O)[O-])c1. The number of hydrogen-bond acceptors (Lipinski definition) is 8. The Kier molecular flexibility index (Phi) is 7.38. The van der Waals surface area contributed by atoms with Crippen molar-refractivity contribution in [3.8, 4) is 11.5 Å². The molecule has 3 aromatic rings. The minimum atomic E-state index is -0.796. The molecule has 2 aromatic carbocycles. The van der Waals surface area contributed by atoms with E-state index >= 15 is 0 Å². The average Bonchev–Trinajstić information content (AvgIpc) is 2.77. The molecule has 0 bridgehead atoms. The topological polar surface area (TPSA) is 152 Å². The first kappa shape index (κ1) is 23.9. The standard InChI is InChI=1S/C21H20BrN5O6/c1-3-4-19-25-15-6-5-13(22)9-14(15)21(29)26(19)24-10-12-7-16(27(30)31)20(17(8-12)32-2)33-11-18(23)28/h5-10H,3-4,11H2,1-2H3,(H2,23,28). The molecule has 11 nitrogen and oxygen atoms in total. The van der Waals surface area contributed by atoms with E-state index in [2.05, 4.69) is 26.0 Å². The number of aromatic nitrogens is 2. The summed E-state index contributed by atoms with van der Waals surface area (Å²) < 4.78 is 12.3. The van der Waals surface area contributed by atoms with Crippen LogP contribution >= 0.6 is 15.9 Å². The largest absolute Gasteiger partial charge is 0.493 e. The minimum absolute atomic E-state index is 0.00796. The van der Waals surface area contributed by atoms with Crippen molar-refractivity contribution in [1.29, 1.82) is 0 Å². The first-order chi connectivity index (χ1) is 15.7. The third-order valence-corrected chi connectivity index (χ3v) is 5.00. The number of benzene rings is 2. The molecule has 0 unspecified atom stereocenters. The lowest BCUT2D eigenvalue weighted by molar-refractivity contribution is -0.385. The fourth-order valence-corrected chi connectivity index (χ4v) is 3.44. The second-order valence-corrected chi connectivity index (χ2v) is 7.80. The number of rotatable bonds is 9. The number of nitrogens with zero attached hydrogens (tertiary/aromatic N) is 4. The molecule has 0 radical (unpaired) electrons. The number of fused-ring (bicyclic) bond motifs is 1. The first-order valence-electron chi connectivity index (χ1n) is 9.78. The molecule has 0 aliphatic rings. The number of halogens is 1. The van der Waals surface area contributed by atoms with Gasteiger partial charge in [0.2, 0.25) is 5.75 Å². The van der Waals surface area contributed by atoms with Crippen LogP contribution in [0.25, 0.3) is 10.9 Å². The van der Waals surface area contributed by atoms with Gasteiger partial charge in [0.25, 0.3) is 11.5 Å². The number of nitro benzene ring substituents is 1. The number of hydrogen-bond donors (Lipinski definition) is 1. The van der Waals surface area contributed by atoms with Gasteiger partial charge in [0, 0.05) is 22.5 Å². The second kappa shape index (κ2) is 10.2. The molecular weight excluding hydrogens is 498 g/mol. The van der Waals surface area contributed by atoms with E-state index in [0.29, 0.717) is 23.1 Å². The van der Waals surface area contributed by atoms with Crippen LogP contribution < -0.4 is 20.8 Å². The number of amides is 1. The summed E-state index contributed by atoms with van der Waals surface area (Å²) in [5, 5.41) is 16.2. The first-order valence-corrected chi connectivity index (χ1v) is 10.6. The van der Waals surface area contributed by atoms with Crippen LogP contribution in [0, 0.1) is 10.1 Å². The summed E-state index contributed by atoms with van der Waals surface area (Å²) in [6, 6.07) is 7.82. The predicted molar refractivity (Wildman–Crippen MR) is 125 cm³/mol. The van der Waals surface area contributed by atoms with Crippen molar-refractivity contribution in [2.75, 3.05) is 13.7 Å². The van der Waals surface area contributed by atoms with Crippen molar-refractivity contribution in [2.24, 2.45) is 10.8 Å². The lowest BCUT2D eigenvalue weighted by Crippen LogP contribution is -2.22. The smallest absolute Gasteiger partial charge is 0.315 e. The summed E-state index contributed by atoms with van der Waals surface area (Å²) in [6.07, 6.45) is 2.52. The van der Waals surface area contributed by atoms with E-state index in [1.165, 1.54) is 30.1 Å². The van der Waals surface area contributed by atoms with Crippen LogP contribution in [-0.2, 0) is 11.2 Å². The Morgan fingerprint density at radius 3 is 2.76 bits per heavy atom. The van der Waals surface area contributed by atoms with Gasteiger partial charge in [-0.1, -0.05) is 22.9 Å². The molecule has 33 heavy (non-hydrogen) atoms. The third-order valence-electron chi connectivity index (χ3n) is 4.50. The number of nitrogens with two attached hydrogens (primary N) is 1. The van der Waals surface area contributed by atoms with Crippen molar-refractivity contribution < 1.29 is 19.2 Å². The zero-order valence-electron chi connectivity index (χ0n) is 17.8. The van der Waals surface area contributed by atoms with Gasteiger partial charge in [-0.25, -0.2) is 4.98 Å². The molecule has 0 fully saturated rings. The summed E-state index contributed by atoms with van der Waals surface area (Å²) >= 11 is 3.35. The van der Waals surface area contributed by atoms with Crippen LogP contribution in [0.3, 0.4) is 0 Å². The van der Waals surface area contributed by atoms with Crippen LogP contribution in [0.2, 0.25) is 0 Å². The van der Waals surface area contributed by atoms with Crippen molar-refractivity contribution in [1.82, 2.24) is 9.66 Å². The summed E-state index contributed by atoms with van der Waals surface area (Å²) in [7, 11) is 1.30. The number of nitro groups is 1. The lowest BCUT2D eigenvalue weighted by atomic mass is 10.2. The molecule has 172 valence electrons. The lowest BCUT2D eigenvalue weighted by Gasteiger charge is -2.11. The average molecular weight is 518 g/mol. The van der Waals surface area contributed by atoms with Gasteiger partial charge >= 0.3 is 5.69 Å². The Morgan fingerprint density at radius 2 is 2.12 bits per heavy atom. The fraction of sp³-hybridized carbons (Fsp3) is 0.238. The van der Waals surface area contributed by atoms with E-state index < -0.39 is 23.1 Å². The summed E-state index contributed by atoms with van der Waals surface area (Å²) in [5.41, 5.74) is 5.07. The van der Waals surface area contributed by atoms with Crippen molar-refractivity contribution in [3.63, 3.8) is 0 Å². The number of primary amides is 1. The molecule has 3 rings (SSSR count). The van der Waals surface area contributed by atoms with Gasteiger partial charge < -0.3 is 15.2 Å². The Labute approximate surface area is 196 Å². The van der Waals surface area contributed by atoms with Gasteiger partial charge in [-0.05, 0) is 30.7 Å². The molecular formula is C21H20BrN5O6. The third kappa shape index (κ3) is 5.34. The highest BCUT2D eigenvalue weighted by Crippen LogP contribution is 2.38. The molecule has 1 aromatic heterocycles. The Hall–Kier alpha value is -3.80. The molecule has 12 heteroatoms. The minimum Gasteiger partial charge on any atom is -0.493 e. The van der Waals surface area contributed by atoms with E-state index in [-0.39, 0.29) is 22.6 Å². The van der Waals surface area contributed by atoms with Crippen LogP contribution in [0.15, 0.2) is 44.7 Å². The molecule has 0 aliphatic carbocycles. The molecule has 0 saturated carbocycles. The highest BCUT2D eigenvalue weighted by Gasteiger charge is 2.23. The van der Waals surface area contributed by atoms with E-state index in [4.69, 9.17) is 15.2 Å². The van der Waals surface area contributed by atoms with Crippen molar-refractivity contribution >= 4 is 44.6 Å². The predicted octanol–water partition coefficient (Wildman–Crippen LogP) is 2.77. The van der Waals surface area contributed by atoms with Crippen molar-refractivity contribution in [3.05, 3.63) is 66.7 Å². The van der Waals surface area contributed by atoms with Crippen molar-refractivity contribution in [2.45, 2.75) is 19.8 Å². The molecule has 0 saturated heterocycles. The second-order valence-electron chi connectivity index (χ2n) is 6.88. The molecule has 1 amide bonds. The van der Waals surface area contributed by atoms with Gasteiger partial charge in [0.1, 0.15) is 5.82 Å². The Bertz CT molecular complexity index is 1320. The fourth-order valence-electron chi connectivity index (χ4n) is 3.08. The highest BCUT2D eigenvalue weighted by atomic mass is 79.9. The zero-order chi connectivity index (χ0) is 24.1. The highest BCUT2D eigenvalue weighted by molar-refractivity contribution is 9.10. The Morgan fingerprint density at radius 1 is 1.36 bits per heavy atom. The van der Waals surface area contributed by atoms with Crippen LogP contribution in [-0.4, -0.2) is 40.4 Å². The quantitative estimate of drug-likeness (QED) is 0.260. The Balaban J connectivity index is 2.12. The van der Waals surface area contributed by atoms with E-state index in [1.807, 2.05) is 6.92 Å². The number of methoxy groups -OCH3 is 1. The van der Waals surface area contributed by atoms with E-state index in [0.717, 1.165) is 10.9 Å². The molecule has 0 spiro atoms. The number of carbonyl (C=O) groups is 1. The normalized spacial score (nSPS) is 11.1.